The normalized spacial score (nSPS) is 11.4. The second-order valence-electron chi connectivity index (χ2n) is 14.8. The van der Waals surface area contributed by atoms with Crippen LogP contribution >= 0.6 is 0 Å². The van der Waals surface area contributed by atoms with Gasteiger partial charge in [0.2, 0.25) is 11.8 Å². The highest BCUT2D eigenvalue weighted by molar-refractivity contribution is 5.80. The SMILES string of the molecule is CCCC(=O)CCCN(CCC(=O)NCCN(CCC(=O)CCCN)CCC(=O)CCCN)CCC(=O)NCCN(CCC(=O)CCCN)CCC(=O)CCCN. The molecular formula is C41H79N9O7. The molecule has 0 aromatic carbocycles. The number of ketones is 5. The van der Waals surface area contributed by atoms with Crippen molar-refractivity contribution in [1.82, 2.24) is 25.3 Å². The molecule has 0 aliphatic heterocycles. The molecule has 330 valence electrons. The van der Waals surface area contributed by atoms with Crippen LogP contribution in [-0.4, -0.2) is 154 Å². The van der Waals surface area contributed by atoms with E-state index in [9.17, 15) is 33.6 Å². The number of amides is 2. The van der Waals surface area contributed by atoms with Crippen molar-refractivity contribution in [2.75, 3.05) is 98.2 Å². The first-order chi connectivity index (χ1) is 27.5. The summed E-state index contributed by atoms with van der Waals surface area (Å²) in [5.74, 6) is 0.412. The van der Waals surface area contributed by atoms with Gasteiger partial charge in [-0.3, -0.25) is 33.6 Å². The molecule has 0 aliphatic rings. The maximum absolute atomic E-state index is 12.9. The quantitative estimate of drug-likeness (QED) is 0.0500. The third-order valence-electron chi connectivity index (χ3n) is 9.74. The number of nitrogens with one attached hydrogen (secondary N) is 2. The van der Waals surface area contributed by atoms with E-state index in [4.69, 9.17) is 22.9 Å². The number of nitrogens with two attached hydrogens (primary N) is 4. The molecule has 0 saturated carbocycles. The van der Waals surface area contributed by atoms with Crippen molar-refractivity contribution in [2.24, 2.45) is 22.9 Å². The van der Waals surface area contributed by atoms with Crippen LogP contribution in [-0.2, 0) is 33.6 Å². The molecule has 16 heteroatoms. The summed E-state index contributed by atoms with van der Waals surface area (Å²) in [4.78, 5) is 93.2. The van der Waals surface area contributed by atoms with Crippen molar-refractivity contribution < 1.29 is 33.6 Å². The largest absolute Gasteiger partial charge is 0.355 e. The van der Waals surface area contributed by atoms with E-state index in [2.05, 4.69) is 10.6 Å². The fourth-order valence-electron chi connectivity index (χ4n) is 6.14. The average Bonchev–Trinajstić information content (AvgIpc) is 3.19. The van der Waals surface area contributed by atoms with E-state index in [0.29, 0.717) is 194 Å². The summed E-state index contributed by atoms with van der Waals surface area (Å²) in [6.45, 7) is 8.92. The summed E-state index contributed by atoms with van der Waals surface area (Å²) in [6.07, 6.45) is 8.56. The van der Waals surface area contributed by atoms with Gasteiger partial charge in [-0.1, -0.05) is 6.92 Å². The number of rotatable bonds is 42. The number of carbonyl (C=O) groups excluding carboxylic acids is 7. The number of carbonyl (C=O) groups is 7. The monoisotopic (exact) mass is 810 g/mol. The Balaban J connectivity index is 5.13. The van der Waals surface area contributed by atoms with Crippen LogP contribution in [0.15, 0.2) is 0 Å². The molecule has 10 N–H and O–H groups in total. The summed E-state index contributed by atoms with van der Waals surface area (Å²) >= 11 is 0. The number of hydrogen-bond acceptors (Lipinski definition) is 14. The Labute approximate surface area is 342 Å². The summed E-state index contributed by atoms with van der Waals surface area (Å²) < 4.78 is 0. The highest BCUT2D eigenvalue weighted by Gasteiger charge is 2.16. The fraction of sp³-hybridized carbons (Fsp3) is 0.829. The summed E-state index contributed by atoms with van der Waals surface area (Å²) in [5, 5.41) is 5.92. The van der Waals surface area contributed by atoms with Crippen molar-refractivity contribution >= 4 is 40.7 Å². The molecule has 0 aromatic heterocycles. The Bertz CT molecular complexity index is 1020. The van der Waals surface area contributed by atoms with E-state index in [0.717, 1.165) is 6.42 Å². The lowest BCUT2D eigenvalue weighted by Gasteiger charge is -2.24. The van der Waals surface area contributed by atoms with Crippen LogP contribution in [0, 0.1) is 0 Å². The van der Waals surface area contributed by atoms with Crippen LogP contribution in [0.1, 0.15) is 122 Å². The maximum atomic E-state index is 12.9. The molecule has 0 fully saturated rings. The Kier molecular flexibility index (Phi) is 35.3. The van der Waals surface area contributed by atoms with Gasteiger partial charge < -0.3 is 48.3 Å². The Morgan fingerprint density at radius 3 is 0.947 bits per heavy atom. The Morgan fingerprint density at radius 1 is 0.351 bits per heavy atom. The van der Waals surface area contributed by atoms with Gasteiger partial charge in [0.15, 0.2) is 0 Å². The van der Waals surface area contributed by atoms with Crippen LogP contribution in [0.2, 0.25) is 0 Å². The first-order valence-corrected chi connectivity index (χ1v) is 21.6. The zero-order chi connectivity index (χ0) is 42.5. The van der Waals surface area contributed by atoms with Crippen molar-refractivity contribution in [1.29, 1.82) is 0 Å². The Morgan fingerprint density at radius 2 is 0.632 bits per heavy atom. The van der Waals surface area contributed by atoms with Crippen LogP contribution in [0.3, 0.4) is 0 Å². The third-order valence-corrected chi connectivity index (χ3v) is 9.74. The number of Topliss-reactive ketones (excluding diaryl/α,β-unsaturated/α-hetero) is 5. The van der Waals surface area contributed by atoms with Crippen molar-refractivity contribution in [3.05, 3.63) is 0 Å². The van der Waals surface area contributed by atoms with E-state index in [1.807, 2.05) is 21.6 Å². The fourth-order valence-corrected chi connectivity index (χ4v) is 6.14. The van der Waals surface area contributed by atoms with E-state index in [-0.39, 0.29) is 53.6 Å². The van der Waals surface area contributed by atoms with Gasteiger partial charge in [0.25, 0.3) is 0 Å². The highest BCUT2D eigenvalue weighted by Crippen LogP contribution is 2.06. The van der Waals surface area contributed by atoms with Crippen LogP contribution < -0.4 is 33.6 Å². The molecule has 0 bridgehead atoms. The highest BCUT2D eigenvalue weighted by atomic mass is 16.2. The lowest BCUT2D eigenvalue weighted by atomic mass is 10.1. The van der Waals surface area contributed by atoms with Gasteiger partial charge in [-0.25, -0.2) is 0 Å². The zero-order valence-electron chi connectivity index (χ0n) is 35.3. The van der Waals surface area contributed by atoms with Gasteiger partial charge in [0.05, 0.1) is 0 Å². The molecule has 0 aliphatic carbocycles. The van der Waals surface area contributed by atoms with E-state index < -0.39 is 0 Å². The second kappa shape index (κ2) is 37.3. The predicted octanol–water partition coefficient (Wildman–Crippen LogP) is 0.847. The Hall–Kier alpha value is -2.99. The minimum atomic E-state index is -0.146. The molecule has 0 atom stereocenters. The van der Waals surface area contributed by atoms with Crippen LogP contribution in [0.5, 0.6) is 0 Å². The van der Waals surface area contributed by atoms with Gasteiger partial charge in [0, 0.05) is 142 Å². The first-order valence-electron chi connectivity index (χ1n) is 21.6. The smallest absolute Gasteiger partial charge is 0.221 e. The molecule has 2 amide bonds. The van der Waals surface area contributed by atoms with E-state index >= 15 is 0 Å². The van der Waals surface area contributed by atoms with Crippen LogP contribution in [0.25, 0.3) is 0 Å². The van der Waals surface area contributed by atoms with Gasteiger partial charge in [-0.05, 0) is 71.2 Å². The average molecular weight is 810 g/mol. The van der Waals surface area contributed by atoms with Crippen molar-refractivity contribution in [2.45, 2.75) is 122 Å². The molecular weight excluding hydrogens is 731 g/mol. The molecule has 0 spiro atoms. The lowest BCUT2D eigenvalue weighted by Crippen LogP contribution is -2.39. The standard InChI is InChI=1S/C41H79N9O7/c1-2-8-35(51)13-7-26-48(31-18-40(56)46-24-33-49(27-14-36(52)9-3-20-42)28-15-37(53)10-4-21-43)32-19-41(57)47-25-34-50(29-16-38(54)11-5-22-44)30-17-39(55)12-6-23-45/h2-34,42-45H2,1H3,(H,46,56)(H,47,57). The van der Waals surface area contributed by atoms with Gasteiger partial charge in [-0.2, -0.15) is 0 Å². The molecule has 0 radical (unpaired) electrons. The van der Waals surface area contributed by atoms with E-state index in [1.54, 1.807) is 0 Å². The maximum Gasteiger partial charge on any atom is 0.221 e. The van der Waals surface area contributed by atoms with Gasteiger partial charge in [-0.15, -0.1) is 0 Å². The molecule has 16 nitrogen and oxygen atoms in total. The molecule has 57 heavy (non-hydrogen) atoms. The van der Waals surface area contributed by atoms with E-state index in [1.165, 1.54) is 0 Å². The first kappa shape index (κ1) is 54.0. The molecule has 0 unspecified atom stereocenters. The molecule has 0 saturated heterocycles. The summed E-state index contributed by atoms with van der Waals surface area (Å²) in [7, 11) is 0. The second-order valence-corrected chi connectivity index (χ2v) is 14.8. The molecule has 0 heterocycles. The minimum Gasteiger partial charge on any atom is -0.355 e. The topological polar surface area (TPSA) is 257 Å². The lowest BCUT2D eigenvalue weighted by molar-refractivity contribution is -0.123. The van der Waals surface area contributed by atoms with Gasteiger partial charge in [0.1, 0.15) is 28.9 Å². The molecule has 0 rings (SSSR count). The molecule has 0 aromatic rings. The van der Waals surface area contributed by atoms with Crippen molar-refractivity contribution in [3.63, 3.8) is 0 Å². The number of hydrogen-bond donors (Lipinski definition) is 6. The zero-order valence-corrected chi connectivity index (χ0v) is 35.3. The summed E-state index contributed by atoms with van der Waals surface area (Å²) in [6, 6.07) is 0. The number of nitrogens with zero attached hydrogens (tertiary/aromatic N) is 3. The summed E-state index contributed by atoms with van der Waals surface area (Å²) in [5.41, 5.74) is 22.2. The predicted molar refractivity (Wildman–Crippen MR) is 225 cm³/mol. The third kappa shape index (κ3) is 33.7. The van der Waals surface area contributed by atoms with Crippen LogP contribution in [0.4, 0.5) is 0 Å². The van der Waals surface area contributed by atoms with Gasteiger partial charge >= 0.3 is 0 Å². The minimum absolute atomic E-state index is 0.126. The van der Waals surface area contributed by atoms with Crippen molar-refractivity contribution in [3.8, 4) is 0 Å².